The molecule has 1 aromatic carbocycles. The van der Waals surface area contributed by atoms with Crippen molar-refractivity contribution in [2.45, 2.75) is 40.0 Å². The average Bonchev–Trinajstić information content (AvgIpc) is 2.58. The molecule has 5 heteroatoms. The molecule has 140 valence electrons. The van der Waals surface area contributed by atoms with E-state index in [-0.39, 0.29) is 11.7 Å². The van der Waals surface area contributed by atoms with Crippen molar-refractivity contribution in [3.63, 3.8) is 0 Å². The second kappa shape index (κ2) is 10.9. The third-order valence-electron chi connectivity index (χ3n) is 3.73. The van der Waals surface area contributed by atoms with Gasteiger partial charge in [0.1, 0.15) is 12.4 Å². The first kappa shape index (κ1) is 21.2. The first-order valence-corrected chi connectivity index (χ1v) is 8.45. The molecule has 26 heavy (non-hydrogen) atoms. The number of carboxylic acid groups (broad SMARTS) is 1. The Kier molecular flexibility index (Phi) is 8.92. The van der Waals surface area contributed by atoms with Crippen molar-refractivity contribution in [3.05, 3.63) is 58.7 Å². The molecule has 2 N–H and O–H groups in total. The summed E-state index contributed by atoms with van der Waals surface area (Å²) in [5.41, 5.74) is 3.68. The molecule has 0 spiro atoms. The Hall–Kier alpha value is -2.82. The largest absolute Gasteiger partial charge is 0.508 e. The van der Waals surface area contributed by atoms with Crippen LogP contribution in [0.3, 0.4) is 0 Å². The van der Waals surface area contributed by atoms with Crippen LogP contribution in [-0.2, 0) is 20.7 Å². The van der Waals surface area contributed by atoms with E-state index in [9.17, 15) is 14.7 Å². The average molecular weight is 358 g/mol. The zero-order chi connectivity index (χ0) is 19.5. The topological polar surface area (TPSA) is 83.8 Å². The maximum Gasteiger partial charge on any atom is 0.328 e. The van der Waals surface area contributed by atoms with Gasteiger partial charge in [0, 0.05) is 13.0 Å². The molecule has 0 amide bonds. The minimum Gasteiger partial charge on any atom is -0.508 e. The highest BCUT2D eigenvalue weighted by Crippen LogP contribution is 2.21. The summed E-state index contributed by atoms with van der Waals surface area (Å²) in [5.74, 6) is -1.10. The Bertz CT molecular complexity index is 726. The maximum absolute atomic E-state index is 10.8. The first-order valence-electron chi connectivity index (χ1n) is 8.45. The van der Waals surface area contributed by atoms with Crippen LogP contribution in [0.1, 0.15) is 44.7 Å². The van der Waals surface area contributed by atoms with E-state index in [0.29, 0.717) is 13.0 Å². The molecule has 0 aliphatic rings. The third-order valence-corrected chi connectivity index (χ3v) is 3.73. The molecule has 0 unspecified atom stereocenters. The Morgan fingerprint density at radius 3 is 2.50 bits per heavy atom. The summed E-state index contributed by atoms with van der Waals surface area (Å²) in [7, 11) is 0. The fraction of sp³-hybridized carbons (Fsp3) is 0.333. The molecule has 0 heterocycles. The standard InChI is InChI=1S/C21H26O5/c1-15(5-4-6-16(2)14-26-17(3)22)7-10-19-13-18(8-11-20(19)23)9-12-21(24)25/h6-9,11-13,23H,4-5,10,14H2,1-3H3,(H,24,25). The van der Waals surface area contributed by atoms with Crippen molar-refractivity contribution in [2.24, 2.45) is 0 Å². The van der Waals surface area contributed by atoms with Crippen molar-refractivity contribution in [1.29, 1.82) is 0 Å². The normalized spacial score (nSPS) is 12.4. The second-order valence-electron chi connectivity index (χ2n) is 6.18. The van der Waals surface area contributed by atoms with Crippen LogP contribution in [0.25, 0.3) is 6.08 Å². The zero-order valence-electron chi connectivity index (χ0n) is 15.5. The number of rotatable bonds is 9. The van der Waals surface area contributed by atoms with E-state index in [1.54, 1.807) is 18.2 Å². The van der Waals surface area contributed by atoms with Gasteiger partial charge in [-0.2, -0.15) is 0 Å². The summed E-state index contributed by atoms with van der Waals surface area (Å²) in [6.45, 7) is 5.67. The molecule has 0 aliphatic carbocycles. The minimum atomic E-state index is -1.01. The monoisotopic (exact) mass is 358 g/mol. The van der Waals surface area contributed by atoms with Crippen LogP contribution in [0.2, 0.25) is 0 Å². The lowest BCUT2D eigenvalue weighted by Gasteiger charge is -2.05. The molecule has 0 aromatic heterocycles. The van der Waals surface area contributed by atoms with Gasteiger partial charge in [0.25, 0.3) is 0 Å². The van der Waals surface area contributed by atoms with Gasteiger partial charge in [0.05, 0.1) is 0 Å². The smallest absolute Gasteiger partial charge is 0.328 e. The number of aromatic hydroxyl groups is 1. The van der Waals surface area contributed by atoms with E-state index >= 15 is 0 Å². The summed E-state index contributed by atoms with van der Waals surface area (Å²) in [5, 5.41) is 18.6. The molecule has 0 atom stereocenters. The Balaban J connectivity index is 2.60. The number of phenolic OH excluding ortho intramolecular Hbond substituents is 1. The van der Waals surface area contributed by atoms with Crippen LogP contribution >= 0.6 is 0 Å². The number of ether oxygens (including phenoxy) is 1. The lowest BCUT2D eigenvalue weighted by Crippen LogP contribution is -2.01. The van der Waals surface area contributed by atoms with Gasteiger partial charge in [-0.15, -0.1) is 0 Å². The maximum atomic E-state index is 10.8. The lowest BCUT2D eigenvalue weighted by atomic mass is 10.0. The van der Waals surface area contributed by atoms with Gasteiger partial charge in [0.2, 0.25) is 0 Å². The highest BCUT2D eigenvalue weighted by molar-refractivity contribution is 5.85. The van der Waals surface area contributed by atoms with Gasteiger partial charge < -0.3 is 14.9 Å². The molecule has 0 fully saturated rings. The van der Waals surface area contributed by atoms with Crippen molar-refractivity contribution in [1.82, 2.24) is 0 Å². The molecule has 0 radical (unpaired) electrons. The van der Waals surface area contributed by atoms with Crippen LogP contribution < -0.4 is 0 Å². The van der Waals surface area contributed by atoms with Crippen LogP contribution in [0, 0.1) is 0 Å². The van der Waals surface area contributed by atoms with E-state index in [0.717, 1.165) is 35.6 Å². The molecular formula is C21H26O5. The SMILES string of the molecule is CC(=O)OCC(C)=CCCC(C)=CCc1cc(C=CC(=O)O)ccc1O. The number of phenols is 1. The number of benzene rings is 1. The van der Waals surface area contributed by atoms with Crippen molar-refractivity contribution in [3.8, 4) is 5.75 Å². The van der Waals surface area contributed by atoms with Gasteiger partial charge in [-0.1, -0.05) is 23.8 Å². The number of aliphatic carboxylic acids is 1. The van der Waals surface area contributed by atoms with Crippen molar-refractivity contribution in [2.75, 3.05) is 6.61 Å². The lowest BCUT2D eigenvalue weighted by molar-refractivity contribution is -0.140. The predicted molar refractivity (Wildman–Crippen MR) is 102 cm³/mol. The van der Waals surface area contributed by atoms with E-state index in [2.05, 4.69) is 12.2 Å². The molecule has 0 saturated heterocycles. The number of carbonyl (C=O) groups is 2. The third kappa shape index (κ3) is 8.87. The molecule has 0 saturated carbocycles. The highest BCUT2D eigenvalue weighted by Gasteiger charge is 2.01. The van der Waals surface area contributed by atoms with E-state index in [1.165, 1.54) is 18.6 Å². The Labute approximate surface area is 154 Å². The van der Waals surface area contributed by atoms with Gasteiger partial charge in [-0.3, -0.25) is 4.79 Å². The highest BCUT2D eigenvalue weighted by atomic mass is 16.5. The first-order chi connectivity index (χ1) is 12.3. The Morgan fingerprint density at radius 2 is 1.85 bits per heavy atom. The van der Waals surface area contributed by atoms with Crippen LogP contribution in [0.5, 0.6) is 5.75 Å². The quantitative estimate of drug-likeness (QED) is 0.391. The van der Waals surface area contributed by atoms with Crippen molar-refractivity contribution < 1.29 is 24.5 Å². The Morgan fingerprint density at radius 1 is 1.12 bits per heavy atom. The zero-order valence-corrected chi connectivity index (χ0v) is 15.5. The fourth-order valence-corrected chi connectivity index (χ4v) is 2.25. The summed E-state index contributed by atoms with van der Waals surface area (Å²) < 4.78 is 4.93. The van der Waals surface area contributed by atoms with Crippen LogP contribution in [0.15, 0.2) is 47.6 Å². The number of hydrogen-bond donors (Lipinski definition) is 2. The molecule has 1 aromatic rings. The van der Waals surface area contributed by atoms with Gasteiger partial charge >= 0.3 is 11.9 Å². The predicted octanol–water partition coefficient (Wildman–Crippen LogP) is 4.27. The molecular weight excluding hydrogens is 332 g/mol. The summed E-state index contributed by atoms with van der Waals surface area (Å²) in [6.07, 6.45) is 8.96. The molecule has 0 bridgehead atoms. The second-order valence-corrected chi connectivity index (χ2v) is 6.18. The van der Waals surface area contributed by atoms with Gasteiger partial charge in [-0.05, 0) is 68.0 Å². The molecule has 1 rings (SSSR count). The van der Waals surface area contributed by atoms with Gasteiger partial charge in [0.15, 0.2) is 0 Å². The molecule has 5 nitrogen and oxygen atoms in total. The fourth-order valence-electron chi connectivity index (χ4n) is 2.25. The minimum absolute atomic E-state index is 0.193. The summed E-state index contributed by atoms with van der Waals surface area (Å²) in [6, 6.07) is 5.02. The van der Waals surface area contributed by atoms with E-state index in [4.69, 9.17) is 9.84 Å². The van der Waals surface area contributed by atoms with Crippen LogP contribution in [-0.4, -0.2) is 28.8 Å². The number of hydrogen-bond acceptors (Lipinski definition) is 4. The van der Waals surface area contributed by atoms with Gasteiger partial charge in [-0.25, -0.2) is 4.79 Å². The number of esters is 1. The number of carboxylic acids is 1. The van der Waals surface area contributed by atoms with Crippen molar-refractivity contribution >= 4 is 18.0 Å². The van der Waals surface area contributed by atoms with Crippen LogP contribution in [0.4, 0.5) is 0 Å². The molecule has 0 aliphatic heterocycles. The number of allylic oxidation sites excluding steroid dienone is 3. The van der Waals surface area contributed by atoms with E-state index in [1.807, 2.05) is 13.8 Å². The number of carbonyl (C=O) groups excluding carboxylic acids is 1. The summed E-state index contributed by atoms with van der Waals surface area (Å²) in [4.78, 5) is 21.4. The summed E-state index contributed by atoms with van der Waals surface area (Å²) >= 11 is 0. The van der Waals surface area contributed by atoms with E-state index < -0.39 is 5.97 Å².